The van der Waals surface area contributed by atoms with Crippen molar-refractivity contribution in [3.63, 3.8) is 0 Å². The van der Waals surface area contributed by atoms with Crippen molar-refractivity contribution in [2.24, 2.45) is 0 Å². The maximum absolute atomic E-state index is 13.1. The molecule has 5 nitrogen and oxygen atoms in total. The topological polar surface area (TPSA) is 47.4 Å². The molecule has 1 aliphatic rings. The predicted molar refractivity (Wildman–Crippen MR) is 144 cm³/mol. The first-order valence-electron chi connectivity index (χ1n) is 11.3. The van der Waals surface area contributed by atoms with E-state index in [-0.39, 0.29) is 5.91 Å². The Balaban J connectivity index is 1.76. The van der Waals surface area contributed by atoms with E-state index in [1.54, 1.807) is 11.0 Å². The van der Waals surface area contributed by atoms with Gasteiger partial charge in [-0.25, -0.2) is 4.68 Å². The highest BCUT2D eigenvalue weighted by Crippen LogP contribution is 2.36. The Bertz CT molecular complexity index is 1250. The van der Waals surface area contributed by atoms with Crippen molar-refractivity contribution in [3.05, 3.63) is 83.4 Å². The monoisotopic (exact) mass is 489 g/mol. The van der Waals surface area contributed by atoms with Crippen molar-refractivity contribution in [1.29, 1.82) is 0 Å². The number of thiocarbonyl (C=S) groups is 1. The molecule has 1 aromatic heterocycles. The minimum Gasteiger partial charge on any atom is -0.490 e. The van der Waals surface area contributed by atoms with Gasteiger partial charge in [0.2, 0.25) is 0 Å². The lowest BCUT2D eigenvalue weighted by Crippen LogP contribution is -2.28. The number of hydrogen-bond donors (Lipinski definition) is 0. The molecule has 0 N–H and O–H groups in total. The Morgan fingerprint density at radius 1 is 1.21 bits per heavy atom. The highest BCUT2D eigenvalue weighted by atomic mass is 32.2. The van der Waals surface area contributed by atoms with Crippen LogP contribution >= 0.6 is 24.0 Å². The van der Waals surface area contributed by atoms with Crippen molar-refractivity contribution < 1.29 is 9.53 Å². The van der Waals surface area contributed by atoms with Crippen LogP contribution in [-0.4, -0.2) is 38.1 Å². The molecule has 0 aliphatic carbocycles. The number of amides is 1. The fourth-order valence-electron chi connectivity index (χ4n) is 3.71. The van der Waals surface area contributed by atoms with Crippen LogP contribution < -0.4 is 4.74 Å². The summed E-state index contributed by atoms with van der Waals surface area (Å²) < 4.78 is 8.15. The van der Waals surface area contributed by atoms with Crippen LogP contribution in [0.2, 0.25) is 0 Å². The van der Waals surface area contributed by atoms with Gasteiger partial charge in [-0.2, -0.15) is 5.10 Å². The largest absolute Gasteiger partial charge is 0.490 e. The van der Waals surface area contributed by atoms with Gasteiger partial charge in [-0.3, -0.25) is 9.69 Å². The van der Waals surface area contributed by atoms with E-state index >= 15 is 0 Å². The zero-order chi connectivity index (χ0) is 24.1. The van der Waals surface area contributed by atoms with Crippen LogP contribution in [-0.2, 0) is 4.79 Å². The Kier molecular flexibility index (Phi) is 7.65. The fraction of sp³-hybridized carbons (Fsp3) is 0.222. The molecule has 0 spiro atoms. The first kappa shape index (κ1) is 24.0. The number of hydrogen-bond acceptors (Lipinski definition) is 5. The van der Waals surface area contributed by atoms with Crippen molar-refractivity contribution in [2.45, 2.75) is 26.7 Å². The normalized spacial score (nSPS) is 14.8. The zero-order valence-electron chi connectivity index (χ0n) is 19.4. The molecule has 1 amide bonds. The van der Waals surface area contributed by atoms with E-state index in [2.05, 4.69) is 13.5 Å². The molecule has 0 radical (unpaired) electrons. The van der Waals surface area contributed by atoms with E-state index < -0.39 is 0 Å². The lowest BCUT2D eigenvalue weighted by atomic mass is 10.0. The van der Waals surface area contributed by atoms with Crippen LogP contribution in [0, 0.1) is 6.92 Å². The second-order valence-corrected chi connectivity index (χ2v) is 9.65. The Morgan fingerprint density at radius 3 is 2.71 bits per heavy atom. The number of carbonyl (C=O) groups is 1. The Hall–Kier alpha value is -3.16. The highest BCUT2D eigenvalue weighted by molar-refractivity contribution is 8.26. The molecule has 7 heteroatoms. The molecular formula is C27H27N3O2S2. The van der Waals surface area contributed by atoms with Crippen LogP contribution in [0.3, 0.4) is 0 Å². The van der Waals surface area contributed by atoms with Crippen molar-refractivity contribution in [2.75, 3.05) is 13.2 Å². The molecule has 2 heterocycles. The van der Waals surface area contributed by atoms with Crippen molar-refractivity contribution in [1.82, 2.24) is 14.7 Å². The van der Waals surface area contributed by atoms with Gasteiger partial charge in [0.05, 0.1) is 10.6 Å². The second-order valence-electron chi connectivity index (χ2n) is 7.98. The maximum atomic E-state index is 13.1. The lowest BCUT2D eigenvalue weighted by molar-refractivity contribution is -0.122. The third kappa shape index (κ3) is 5.16. The van der Waals surface area contributed by atoms with E-state index in [1.807, 2.05) is 72.4 Å². The number of para-hydroxylation sites is 1. The third-order valence-electron chi connectivity index (χ3n) is 5.48. The van der Waals surface area contributed by atoms with Gasteiger partial charge in [-0.05, 0) is 55.3 Å². The number of aromatic nitrogens is 2. The minimum atomic E-state index is -0.0354. The molecular weight excluding hydrogens is 462 g/mol. The van der Waals surface area contributed by atoms with Gasteiger partial charge < -0.3 is 4.74 Å². The first-order valence-corrected chi connectivity index (χ1v) is 12.5. The van der Waals surface area contributed by atoms with Gasteiger partial charge in [-0.1, -0.05) is 68.2 Å². The van der Waals surface area contributed by atoms with E-state index in [0.717, 1.165) is 46.7 Å². The molecule has 3 aromatic rings. The second kappa shape index (κ2) is 10.8. The third-order valence-corrected chi connectivity index (χ3v) is 6.86. The predicted octanol–water partition coefficient (Wildman–Crippen LogP) is 6.41. The quantitative estimate of drug-likeness (QED) is 0.197. The van der Waals surface area contributed by atoms with Gasteiger partial charge in [0.25, 0.3) is 5.91 Å². The molecule has 2 aromatic carbocycles. The summed E-state index contributed by atoms with van der Waals surface area (Å²) in [7, 11) is 0. The van der Waals surface area contributed by atoms with Gasteiger partial charge in [0.1, 0.15) is 22.4 Å². The molecule has 1 fully saturated rings. The average Bonchev–Trinajstić information content (AvgIpc) is 3.37. The number of thioether (sulfide) groups is 1. The molecule has 0 atom stereocenters. The number of unbranched alkanes of at least 4 members (excludes halogenated alkanes) is 1. The van der Waals surface area contributed by atoms with E-state index in [0.29, 0.717) is 22.4 Å². The van der Waals surface area contributed by atoms with E-state index in [9.17, 15) is 4.79 Å². The molecule has 0 bridgehead atoms. The summed E-state index contributed by atoms with van der Waals surface area (Å²) in [5.41, 5.74) is 4.62. The van der Waals surface area contributed by atoms with Crippen molar-refractivity contribution >= 4 is 40.3 Å². The number of rotatable bonds is 9. The van der Waals surface area contributed by atoms with Crippen LogP contribution in [0.4, 0.5) is 0 Å². The first-order chi connectivity index (χ1) is 16.5. The molecule has 4 rings (SSSR count). The SMILES string of the molecule is C=CCOc1ccc(-c2nn(-c3ccccc3)cc2/C=C2\SC(=S)N(CCCC)C2=O)c(C)c1. The summed E-state index contributed by atoms with van der Waals surface area (Å²) in [6, 6.07) is 15.9. The molecule has 0 unspecified atom stereocenters. The minimum absolute atomic E-state index is 0.0354. The average molecular weight is 490 g/mol. The number of nitrogens with zero attached hydrogens (tertiary/aromatic N) is 3. The zero-order valence-corrected chi connectivity index (χ0v) is 21.0. The molecule has 34 heavy (non-hydrogen) atoms. The molecule has 174 valence electrons. The summed E-state index contributed by atoms with van der Waals surface area (Å²) in [5.74, 6) is 0.744. The summed E-state index contributed by atoms with van der Waals surface area (Å²) in [6.45, 7) is 8.94. The van der Waals surface area contributed by atoms with Crippen molar-refractivity contribution in [3.8, 4) is 22.7 Å². The van der Waals surface area contributed by atoms with Crippen LogP contribution in [0.1, 0.15) is 30.9 Å². The number of aryl methyl sites for hydroxylation is 1. The smallest absolute Gasteiger partial charge is 0.266 e. The summed E-state index contributed by atoms with van der Waals surface area (Å²) in [5, 5.41) is 4.91. The van der Waals surface area contributed by atoms with Crippen LogP contribution in [0.25, 0.3) is 23.0 Å². The maximum Gasteiger partial charge on any atom is 0.266 e. The van der Waals surface area contributed by atoms with Gasteiger partial charge in [0.15, 0.2) is 0 Å². The summed E-state index contributed by atoms with van der Waals surface area (Å²) in [4.78, 5) is 15.4. The van der Waals surface area contributed by atoms with Gasteiger partial charge in [-0.15, -0.1) is 0 Å². The number of benzene rings is 2. The van der Waals surface area contributed by atoms with E-state index in [4.69, 9.17) is 22.1 Å². The highest BCUT2D eigenvalue weighted by Gasteiger charge is 2.32. The number of ether oxygens (including phenoxy) is 1. The standard InChI is InChI=1S/C27H27N3O2S2/c1-4-6-14-29-26(31)24(34-27(29)33)17-20-18-30(21-10-8-7-9-11-21)28-25(20)23-13-12-22(16-19(23)3)32-15-5-2/h5,7-13,16-18H,2,4,6,14-15H2,1,3H3/b24-17-. The van der Waals surface area contributed by atoms with Crippen LogP contribution in [0.5, 0.6) is 5.75 Å². The lowest BCUT2D eigenvalue weighted by Gasteiger charge is -2.13. The fourth-order valence-corrected chi connectivity index (χ4v) is 5.01. The van der Waals surface area contributed by atoms with Crippen LogP contribution in [0.15, 0.2) is 72.3 Å². The van der Waals surface area contributed by atoms with Gasteiger partial charge in [0, 0.05) is 23.9 Å². The molecule has 1 saturated heterocycles. The Labute approximate surface area is 210 Å². The Morgan fingerprint density at radius 2 is 2.00 bits per heavy atom. The molecule has 1 aliphatic heterocycles. The summed E-state index contributed by atoms with van der Waals surface area (Å²) in [6.07, 6.45) is 7.53. The summed E-state index contributed by atoms with van der Waals surface area (Å²) >= 11 is 6.84. The number of carbonyl (C=O) groups excluding carboxylic acids is 1. The van der Waals surface area contributed by atoms with E-state index in [1.165, 1.54) is 11.8 Å². The molecule has 0 saturated carbocycles. The van der Waals surface area contributed by atoms with Gasteiger partial charge >= 0.3 is 0 Å².